The lowest BCUT2D eigenvalue weighted by Crippen LogP contribution is -2.19. The highest BCUT2D eigenvalue weighted by atomic mass is 35.5. The Labute approximate surface area is 113 Å². The van der Waals surface area contributed by atoms with Gasteiger partial charge < -0.3 is 5.32 Å². The van der Waals surface area contributed by atoms with Crippen LogP contribution in [0.25, 0.3) is 0 Å². The first kappa shape index (κ1) is 12.5. The third-order valence-electron chi connectivity index (χ3n) is 2.04. The van der Waals surface area contributed by atoms with Crippen LogP contribution >= 0.6 is 34.5 Å². The minimum Gasteiger partial charge on any atom is -0.351 e. The third kappa shape index (κ3) is 3.80. The van der Waals surface area contributed by atoms with E-state index < -0.39 is 0 Å². The second-order valence-electron chi connectivity index (χ2n) is 3.53. The number of nitrogens with zero attached hydrogens (tertiary/aromatic N) is 3. The quantitative estimate of drug-likeness (QED) is 0.938. The van der Waals surface area contributed by atoms with Crippen molar-refractivity contribution in [3.63, 3.8) is 0 Å². The molecule has 0 aliphatic heterocycles. The molecule has 0 saturated heterocycles. The fourth-order valence-electron chi connectivity index (χ4n) is 1.39. The summed E-state index contributed by atoms with van der Waals surface area (Å²) in [5.41, 5.74) is 0. The molecule has 0 spiro atoms. The van der Waals surface area contributed by atoms with Crippen LogP contribution in [0, 0.1) is 0 Å². The number of aromatic nitrogens is 3. The van der Waals surface area contributed by atoms with Crippen LogP contribution in [0.3, 0.4) is 0 Å². The van der Waals surface area contributed by atoms with Crippen molar-refractivity contribution in [2.45, 2.75) is 19.4 Å². The van der Waals surface area contributed by atoms with Crippen LogP contribution in [-0.4, -0.2) is 21.0 Å². The van der Waals surface area contributed by atoms with Crippen molar-refractivity contribution in [3.05, 3.63) is 33.0 Å². The Bertz CT molecular complexity index is 469. The Kier molecular flexibility index (Phi) is 4.15. The molecule has 0 fully saturated rings. The zero-order chi connectivity index (χ0) is 12.3. The number of hydrogen-bond acceptors (Lipinski definition) is 5. The normalized spacial score (nSPS) is 12.4. The van der Waals surface area contributed by atoms with E-state index in [1.165, 1.54) is 4.88 Å². The van der Waals surface area contributed by atoms with E-state index in [1.54, 1.807) is 11.3 Å². The summed E-state index contributed by atoms with van der Waals surface area (Å²) in [6, 6.07) is 4.32. The van der Waals surface area contributed by atoms with Gasteiger partial charge in [-0.05, 0) is 41.6 Å². The molecule has 0 radical (unpaired) electrons. The van der Waals surface area contributed by atoms with Crippen LogP contribution in [0.4, 0.5) is 5.95 Å². The average molecular weight is 289 g/mol. The monoisotopic (exact) mass is 288 g/mol. The summed E-state index contributed by atoms with van der Waals surface area (Å²) in [7, 11) is 0. The average Bonchev–Trinajstić information content (AvgIpc) is 2.67. The maximum atomic E-state index is 5.69. The SMILES string of the molecule is CC(Cc1cccs1)Nc1nc(Cl)nc(Cl)n1. The Hall–Kier alpha value is -0.910. The summed E-state index contributed by atoms with van der Waals surface area (Å²) in [5, 5.41) is 5.38. The van der Waals surface area contributed by atoms with Gasteiger partial charge in [0.1, 0.15) is 0 Å². The zero-order valence-corrected chi connectivity index (χ0v) is 11.4. The summed E-state index contributed by atoms with van der Waals surface area (Å²) in [6.07, 6.45) is 0.901. The molecule has 2 heterocycles. The summed E-state index contributed by atoms with van der Waals surface area (Å²) >= 11 is 13.1. The van der Waals surface area contributed by atoms with E-state index in [0.29, 0.717) is 5.95 Å². The molecule has 7 heteroatoms. The Balaban J connectivity index is 2.00. The maximum Gasteiger partial charge on any atom is 0.228 e. The highest BCUT2D eigenvalue weighted by Gasteiger charge is 2.08. The van der Waals surface area contributed by atoms with Gasteiger partial charge in [0.25, 0.3) is 0 Å². The Morgan fingerprint density at radius 1 is 1.29 bits per heavy atom. The standard InChI is InChI=1S/C10H10Cl2N4S/c1-6(5-7-3-2-4-17-7)13-10-15-8(11)14-9(12)16-10/h2-4,6H,5H2,1H3,(H,13,14,15,16). The predicted octanol–water partition coefficient (Wildman–Crippen LogP) is 3.28. The molecule has 2 aromatic heterocycles. The van der Waals surface area contributed by atoms with Gasteiger partial charge in [0, 0.05) is 17.3 Å². The molecule has 0 aliphatic rings. The van der Waals surface area contributed by atoms with E-state index in [0.717, 1.165) is 6.42 Å². The maximum absolute atomic E-state index is 5.69. The van der Waals surface area contributed by atoms with Crippen molar-refractivity contribution in [2.75, 3.05) is 5.32 Å². The predicted molar refractivity (Wildman–Crippen MR) is 71.0 cm³/mol. The van der Waals surface area contributed by atoms with Crippen molar-refractivity contribution in [1.29, 1.82) is 0 Å². The molecule has 1 atom stereocenters. The van der Waals surface area contributed by atoms with Crippen LogP contribution in [0.15, 0.2) is 17.5 Å². The van der Waals surface area contributed by atoms with E-state index in [2.05, 4.69) is 31.7 Å². The van der Waals surface area contributed by atoms with Crippen LogP contribution in [-0.2, 0) is 6.42 Å². The first-order valence-electron chi connectivity index (χ1n) is 4.99. The molecule has 2 rings (SSSR count). The van der Waals surface area contributed by atoms with Crippen LogP contribution in [0.1, 0.15) is 11.8 Å². The fraction of sp³-hybridized carbons (Fsp3) is 0.300. The molecular weight excluding hydrogens is 279 g/mol. The third-order valence-corrected chi connectivity index (χ3v) is 3.28. The molecule has 0 bridgehead atoms. The first-order valence-corrected chi connectivity index (χ1v) is 6.63. The summed E-state index contributed by atoms with van der Waals surface area (Å²) in [5.74, 6) is 0.402. The molecule has 0 amide bonds. The van der Waals surface area contributed by atoms with Gasteiger partial charge in [0.05, 0.1) is 0 Å². The second-order valence-corrected chi connectivity index (χ2v) is 5.23. The number of halogens is 2. The highest BCUT2D eigenvalue weighted by Crippen LogP contribution is 2.14. The number of thiophene rings is 1. The molecule has 0 aromatic carbocycles. The van der Waals surface area contributed by atoms with E-state index in [4.69, 9.17) is 23.2 Å². The number of rotatable bonds is 4. The Morgan fingerprint density at radius 2 is 2.00 bits per heavy atom. The van der Waals surface area contributed by atoms with E-state index in [1.807, 2.05) is 13.0 Å². The molecule has 1 unspecified atom stereocenters. The molecule has 0 saturated carbocycles. The van der Waals surface area contributed by atoms with Gasteiger partial charge in [-0.1, -0.05) is 6.07 Å². The summed E-state index contributed by atoms with van der Waals surface area (Å²) in [6.45, 7) is 2.05. The second kappa shape index (κ2) is 5.62. The number of nitrogens with one attached hydrogen (secondary N) is 1. The van der Waals surface area contributed by atoms with Crippen LogP contribution in [0.2, 0.25) is 10.6 Å². The van der Waals surface area contributed by atoms with Gasteiger partial charge >= 0.3 is 0 Å². The van der Waals surface area contributed by atoms with Gasteiger partial charge in [-0.2, -0.15) is 15.0 Å². The molecule has 17 heavy (non-hydrogen) atoms. The highest BCUT2D eigenvalue weighted by molar-refractivity contribution is 7.09. The summed E-state index contributed by atoms with van der Waals surface area (Å²) < 4.78 is 0. The van der Waals surface area contributed by atoms with Gasteiger partial charge in [0.2, 0.25) is 16.5 Å². The molecule has 90 valence electrons. The molecular formula is C10H10Cl2N4S. The molecule has 0 aliphatic carbocycles. The van der Waals surface area contributed by atoms with E-state index >= 15 is 0 Å². The Morgan fingerprint density at radius 3 is 2.59 bits per heavy atom. The fourth-order valence-corrected chi connectivity index (χ4v) is 2.59. The largest absolute Gasteiger partial charge is 0.351 e. The van der Waals surface area contributed by atoms with Crippen LogP contribution in [0.5, 0.6) is 0 Å². The lowest BCUT2D eigenvalue weighted by Gasteiger charge is -2.12. The van der Waals surface area contributed by atoms with E-state index in [-0.39, 0.29) is 16.6 Å². The van der Waals surface area contributed by atoms with Crippen molar-refractivity contribution in [1.82, 2.24) is 15.0 Å². The van der Waals surface area contributed by atoms with E-state index in [9.17, 15) is 0 Å². The van der Waals surface area contributed by atoms with Gasteiger partial charge in [-0.3, -0.25) is 0 Å². The zero-order valence-electron chi connectivity index (χ0n) is 9.02. The molecule has 1 N–H and O–H groups in total. The first-order chi connectivity index (χ1) is 8.13. The van der Waals surface area contributed by atoms with Crippen molar-refractivity contribution >= 4 is 40.5 Å². The minimum atomic E-state index is 0.0934. The van der Waals surface area contributed by atoms with Gasteiger partial charge in [0.15, 0.2) is 0 Å². The van der Waals surface area contributed by atoms with Crippen molar-refractivity contribution in [3.8, 4) is 0 Å². The summed E-state index contributed by atoms with van der Waals surface area (Å²) in [4.78, 5) is 12.9. The van der Waals surface area contributed by atoms with Crippen molar-refractivity contribution in [2.24, 2.45) is 0 Å². The number of hydrogen-bond donors (Lipinski definition) is 1. The van der Waals surface area contributed by atoms with Crippen molar-refractivity contribution < 1.29 is 0 Å². The number of anilines is 1. The lowest BCUT2D eigenvalue weighted by atomic mass is 10.2. The topological polar surface area (TPSA) is 50.7 Å². The van der Waals surface area contributed by atoms with Gasteiger partial charge in [-0.25, -0.2) is 0 Å². The minimum absolute atomic E-state index is 0.0934. The molecule has 4 nitrogen and oxygen atoms in total. The van der Waals surface area contributed by atoms with Gasteiger partial charge in [-0.15, -0.1) is 11.3 Å². The lowest BCUT2D eigenvalue weighted by molar-refractivity contribution is 0.783. The van der Waals surface area contributed by atoms with Crippen LogP contribution < -0.4 is 5.32 Å². The molecule has 2 aromatic rings. The smallest absolute Gasteiger partial charge is 0.228 e.